The van der Waals surface area contributed by atoms with Crippen molar-refractivity contribution >= 4 is 28.4 Å². The van der Waals surface area contributed by atoms with Crippen LogP contribution in [0.25, 0.3) is 22.1 Å². The standard InChI is InChI=1S/C23H21ClFN7O2/c24-19-6-14(18-12-34-20-7-16(25)1-2-17(18)20)5-15-11-32(3-4-33-21(15)19)10-13-8-28-22(29-9-13)23(30-26)31-27/h1-2,5-9,12H,3-4,10-11,26-27H2,(H,30,31). The molecule has 0 saturated carbocycles. The van der Waals surface area contributed by atoms with Gasteiger partial charge in [-0.25, -0.2) is 20.2 Å². The number of furan rings is 1. The van der Waals surface area contributed by atoms with E-state index < -0.39 is 0 Å². The van der Waals surface area contributed by atoms with Gasteiger partial charge >= 0.3 is 0 Å². The summed E-state index contributed by atoms with van der Waals surface area (Å²) < 4.78 is 25.1. The average Bonchev–Trinajstić information content (AvgIpc) is 3.14. The molecule has 0 fully saturated rings. The molecule has 5 rings (SSSR count). The predicted octanol–water partition coefficient (Wildman–Crippen LogP) is 3.16. The van der Waals surface area contributed by atoms with E-state index >= 15 is 0 Å². The number of ether oxygens (including phenoxy) is 1. The Bertz CT molecular complexity index is 1370. The zero-order valence-corrected chi connectivity index (χ0v) is 18.7. The minimum absolute atomic E-state index is 0.195. The maximum atomic E-state index is 13.6. The highest BCUT2D eigenvalue weighted by molar-refractivity contribution is 6.32. The molecule has 0 bridgehead atoms. The summed E-state index contributed by atoms with van der Waals surface area (Å²) in [5.41, 5.74) is 6.40. The average molecular weight is 482 g/mol. The highest BCUT2D eigenvalue weighted by atomic mass is 35.5. The first-order valence-corrected chi connectivity index (χ1v) is 10.8. The molecule has 5 N–H and O–H groups in total. The number of aromatic nitrogens is 2. The van der Waals surface area contributed by atoms with E-state index in [1.165, 1.54) is 12.1 Å². The van der Waals surface area contributed by atoms with Gasteiger partial charge in [0.1, 0.15) is 23.8 Å². The number of benzene rings is 2. The number of halogens is 2. The molecule has 4 aromatic rings. The molecular weight excluding hydrogens is 461 g/mol. The van der Waals surface area contributed by atoms with E-state index in [1.54, 1.807) is 24.7 Å². The lowest BCUT2D eigenvalue weighted by Gasteiger charge is -2.19. The minimum atomic E-state index is -0.347. The van der Waals surface area contributed by atoms with Crippen molar-refractivity contribution in [2.75, 3.05) is 13.2 Å². The fourth-order valence-electron chi connectivity index (χ4n) is 4.02. The number of amidine groups is 1. The number of hydrazone groups is 1. The molecule has 9 nitrogen and oxygen atoms in total. The van der Waals surface area contributed by atoms with Crippen molar-refractivity contribution in [1.29, 1.82) is 0 Å². The predicted molar refractivity (Wildman–Crippen MR) is 126 cm³/mol. The van der Waals surface area contributed by atoms with Gasteiger partial charge in [-0.2, -0.15) is 5.10 Å². The number of hydrazine groups is 1. The highest BCUT2D eigenvalue weighted by Gasteiger charge is 2.21. The number of nitrogens with two attached hydrogens (primary N) is 2. The molecule has 34 heavy (non-hydrogen) atoms. The van der Waals surface area contributed by atoms with E-state index in [9.17, 15) is 4.39 Å². The molecule has 0 spiro atoms. The van der Waals surface area contributed by atoms with Crippen molar-refractivity contribution in [3.8, 4) is 16.9 Å². The largest absolute Gasteiger partial charge is 0.490 e. The van der Waals surface area contributed by atoms with Gasteiger partial charge in [-0.1, -0.05) is 11.6 Å². The van der Waals surface area contributed by atoms with Crippen LogP contribution >= 0.6 is 11.6 Å². The summed E-state index contributed by atoms with van der Waals surface area (Å²) in [6.45, 7) is 2.38. The monoisotopic (exact) mass is 481 g/mol. The Labute approximate surface area is 199 Å². The third-order valence-corrected chi connectivity index (χ3v) is 5.89. The van der Waals surface area contributed by atoms with Gasteiger partial charge in [0, 0.05) is 60.2 Å². The number of rotatable bonds is 4. The van der Waals surface area contributed by atoms with Gasteiger partial charge in [-0.3, -0.25) is 4.90 Å². The van der Waals surface area contributed by atoms with Crippen LogP contribution in [0.1, 0.15) is 17.0 Å². The molecule has 174 valence electrons. The maximum absolute atomic E-state index is 13.6. The Morgan fingerprint density at radius 2 is 2.06 bits per heavy atom. The van der Waals surface area contributed by atoms with Crippen molar-refractivity contribution in [3.63, 3.8) is 0 Å². The zero-order valence-electron chi connectivity index (χ0n) is 18.0. The van der Waals surface area contributed by atoms with Gasteiger partial charge in [0.05, 0.1) is 11.3 Å². The molecular formula is C23H21ClFN7O2. The van der Waals surface area contributed by atoms with Gasteiger partial charge in [-0.05, 0) is 29.8 Å². The zero-order chi connectivity index (χ0) is 23.7. The summed E-state index contributed by atoms with van der Waals surface area (Å²) in [4.78, 5) is 10.8. The highest BCUT2D eigenvalue weighted by Crippen LogP contribution is 2.39. The third kappa shape index (κ3) is 4.26. The lowest BCUT2D eigenvalue weighted by molar-refractivity contribution is 0.219. The summed E-state index contributed by atoms with van der Waals surface area (Å²) in [6, 6.07) is 8.36. The molecule has 2 aromatic heterocycles. The van der Waals surface area contributed by atoms with Crippen molar-refractivity contribution in [3.05, 3.63) is 76.8 Å². The van der Waals surface area contributed by atoms with Crippen LogP contribution in [0.15, 0.2) is 58.5 Å². The number of nitrogens with one attached hydrogen (secondary N) is 1. The topological polar surface area (TPSA) is 128 Å². The van der Waals surface area contributed by atoms with Crippen LogP contribution in [-0.2, 0) is 13.1 Å². The first kappa shape index (κ1) is 22.1. The molecule has 0 amide bonds. The molecule has 0 atom stereocenters. The third-order valence-electron chi connectivity index (χ3n) is 5.61. The Morgan fingerprint density at radius 3 is 2.82 bits per heavy atom. The van der Waals surface area contributed by atoms with Crippen LogP contribution in [0.3, 0.4) is 0 Å². The maximum Gasteiger partial charge on any atom is 0.204 e. The second-order valence-corrected chi connectivity index (χ2v) is 8.24. The van der Waals surface area contributed by atoms with Crippen LogP contribution in [0.5, 0.6) is 5.75 Å². The molecule has 11 heteroatoms. The second kappa shape index (κ2) is 9.26. The van der Waals surface area contributed by atoms with Gasteiger partial charge in [0.25, 0.3) is 0 Å². The first-order chi connectivity index (χ1) is 16.6. The Morgan fingerprint density at radius 1 is 1.24 bits per heavy atom. The fourth-order valence-corrected chi connectivity index (χ4v) is 4.31. The van der Waals surface area contributed by atoms with Crippen LogP contribution in [0, 0.1) is 5.82 Å². The summed E-state index contributed by atoms with van der Waals surface area (Å²) >= 11 is 6.60. The van der Waals surface area contributed by atoms with Gasteiger partial charge in [0.15, 0.2) is 5.82 Å². The van der Waals surface area contributed by atoms with Crippen molar-refractivity contribution < 1.29 is 13.5 Å². The van der Waals surface area contributed by atoms with Crippen molar-refractivity contribution in [2.24, 2.45) is 16.8 Å². The van der Waals surface area contributed by atoms with Crippen molar-refractivity contribution in [2.45, 2.75) is 13.1 Å². The number of hydrogen-bond acceptors (Lipinski definition) is 8. The van der Waals surface area contributed by atoms with Crippen LogP contribution in [-0.4, -0.2) is 33.9 Å². The van der Waals surface area contributed by atoms with E-state index in [1.807, 2.05) is 12.1 Å². The van der Waals surface area contributed by atoms with E-state index in [0.717, 1.165) is 27.6 Å². The normalized spacial score (nSPS) is 14.5. The van der Waals surface area contributed by atoms with E-state index in [-0.39, 0.29) is 11.7 Å². The molecule has 0 unspecified atom stereocenters. The Kier molecular flexibility index (Phi) is 6.01. The first-order valence-electron chi connectivity index (χ1n) is 10.5. The molecule has 1 aliphatic rings. The fraction of sp³-hybridized carbons (Fsp3) is 0.174. The van der Waals surface area contributed by atoms with Gasteiger partial charge < -0.3 is 20.4 Å². The lowest BCUT2D eigenvalue weighted by atomic mass is 10.0. The molecule has 3 heterocycles. The molecule has 0 radical (unpaired) electrons. The molecule has 2 aromatic carbocycles. The molecule has 0 saturated heterocycles. The number of fused-ring (bicyclic) bond motifs is 2. The summed E-state index contributed by atoms with van der Waals surface area (Å²) in [5.74, 6) is 11.5. The SMILES string of the molecule is N/N=C(\NN)c1ncc(CN2CCOc3c(Cl)cc(-c4coc5cc(F)ccc45)cc3C2)cn1. The summed E-state index contributed by atoms with van der Waals surface area (Å²) in [6.07, 6.45) is 5.03. The molecule has 0 aliphatic carbocycles. The Hall–Kier alpha value is -3.73. The van der Waals surface area contributed by atoms with E-state index in [0.29, 0.717) is 48.4 Å². The van der Waals surface area contributed by atoms with Gasteiger partial charge in [-0.15, -0.1) is 0 Å². The number of nitrogens with zero attached hydrogens (tertiary/aromatic N) is 4. The number of hydrogen-bond donors (Lipinski definition) is 3. The van der Waals surface area contributed by atoms with Crippen LogP contribution in [0.2, 0.25) is 5.02 Å². The van der Waals surface area contributed by atoms with Gasteiger partial charge in [0.2, 0.25) is 5.84 Å². The van der Waals surface area contributed by atoms with E-state index in [4.69, 9.17) is 32.4 Å². The summed E-state index contributed by atoms with van der Waals surface area (Å²) in [5, 5.41) is 4.84. The smallest absolute Gasteiger partial charge is 0.204 e. The quantitative estimate of drug-likeness (QED) is 0.175. The second-order valence-electron chi connectivity index (χ2n) is 7.83. The summed E-state index contributed by atoms with van der Waals surface area (Å²) in [7, 11) is 0. The van der Waals surface area contributed by atoms with Crippen LogP contribution in [0.4, 0.5) is 4.39 Å². The van der Waals surface area contributed by atoms with Crippen molar-refractivity contribution in [1.82, 2.24) is 20.3 Å². The minimum Gasteiger partial charge on any atom is -0.490 e. The lowest BCUT2D eigenvalue weighted by Crippen LogP contribution is -2.33. The van der Waals surface area contributed by atoms with E-state index in [2.05, 4.69) is 25.4 Å². The Balaban J connectivity index is 1.42. The van der Waals surface area contributed by atoms with Crippen LogP contribution < -0.4 is 21.8 Å². The molecule has 1 aliphatic heterocycles.